The Morgan fingerprint density at radius 3 is 2.88 bits per heavy atom. The molecule has 0 aromatic carbocycles. The van der Waals surface area contributed by atoms with Gasteiger partial charge in [-0.2, -0.15) is 0 Å². The SMILES string of the molecule is O=C1CCC(NC(=O)c2c[nH]c(=O)cn2)CN1. The van der Waals surface area contributed by atoms with Crippen LogP contribution in [0.4, 0.5) is 0 Å². The highest BCUT2D eigenvalue weighted by atomic mass is 16.2. The van der Waals surface area contributed by atoms with Gasteiger partial charge in [-0.05, 0) is 6.42 Å². The number of aromatic amines is 1. The van der Waals surface area contributed by atoms with Gasteiger partial charge in [-0.25, -0.2) is 4.98 Å². The third kappa shape index (κ3) is 2.90. The quantitative estimate of drug-likeness (QED) is 0.598. The highest BCUT2D eigenvalue weighted by molar-refractivity contribution is 5.92. The molecule has 0 aliphatic carbocycles. The van der Waals surface area contributed by atoms with Crippen molar-refractivity contribution in [1.82, 2.24) is 20.6 Å². The average molecular weight is 236 g/mol. The van der Waals surface area contributed by atoms with Crippen molar-refractivity contribution in [2.45, 2.75) is 18.9 Å². The Morgan fingerprint density at radius 2 is 2.29 bits per heavy atom. The molecule has 1 aliphatic rings. The summed E-state index contributed by atoms with van der Waals surface area (Å²) in [6.07, 6.45) is 3.33. The van der Waals surface area contributed by atoms with E-state index in [9.17, 15) is 14.4 Å². The second kappa shape index (κ2) is 4.77. The second-order valence-corrected chi connectivity index (χ2v) is 3.81. The molecule has 90 valence electrons. The van der Waals surface area contributed by atoms with Crippen LogP contribution < -0.4 is 16.2 Å². The molecular formula is C10H12N4O3. The number of hydrogen-bond acceptors (Lipinski definition) is 4. The largest absolute Gasteiger partial charge is 0.354 e. The molecule has 0 spiro atoms. The molecule has 3 N–H and O–H groups in total. The number of hydrogen-bond donors (Lipinski definition) is 3. The van der Waals surface area contributed by atoms with Crippen molar-refractivity contribution >= 4 is 11.8 Å². The number of rotatable bonds is 2. The summed E-state index contributed by atoms with van der Waals surface area (Å²) in [7, 11) is 0. The maximum Gasteiger partial charge on any atom is 0.271 e. The number of H-pyrrole nitrogens is 1. The fraction of sp³-hybridized carbons (Fsp3) is 0.400. The standard InChI is InChI=1S/C10H12N4O3/c15-8-2-1-6(3-12-8)14-10(17)7-4-13-9(16)5-11-7/h4-6H,1-3H2,(H,12,15)(H,13,16)(H,14,17). The van der Waals surface area contributed by atoms with Gasteiger partial charge in [-0.1, -0.05) is 0 Å². The minimum absolute atomic E-state index is 0.00216. The molecule has 1 aromatic rings. The maximum atomic E-state index is 11.7. The number of nitrogens with zero attached hydrogens (tertiary/aromatic N) is 1. The van der Waals surface area contributed by atoms with Crippen LogP contribution in [0.5, 0.6) is 0 Å². The van der Waals surface area contributed by atoms with E-state index in [-0.39, 0.29) is 29.1 Å². The van der Waals surface area contributed by atoms with Crippen LogP contribution in [0.25, 0.3) is 0 Å². The zero-order valence-corrected chi connectivity index (χ0v) is 9.03. The molecular weight excluding hydrogens is 224 g/mol. The number of aromatic nitrogens is 2. The first-order chi connectivity index (χ1) is 8.15. The monoisotopic (exact) mass is 236 g/mol. The molecule has 0 radical (unpaired) electrons. The molecule has 2 rings (SSSR count). The molecule has 7 nitrogen and oxygen atoms in total. The highest BCUT2D eigenvalue weighted by Crippen LogP contribution is 2.03. The predicted molar refractivity (Wildman–Crippen MR) is 58.4 cm³/mol. The molecule has 2 heterocycles. The van der Waals surface area contributed by atoms with Crippen molar-refractivity contribution in [2.24, 2.45) is 0 Å². The predicted octanol–water partition coefficient (Wildman–Crippen LogP) is -1.22. The first-order valence-electron chi connectivity index (χ1n) is 5.27. The molecule has 17 heavy (non-hydrogen) atoms. The van der Waals surface area contributed by atoms with E-state index < -0.39 is 0 Å². The van der Waals surface area contributed by atoms with Gasteiger partial charge in [0.15, 0.2) is 0 Å². The smallest absolute Gasteiger partial charge is 0.271 e. The van der Waals surface area contributed by atoms with Crippen LogP contribution in [0.15, 0.2) is 17.2 Å². The Hall–Kier alpha value is -2.18. The summed E-state index contributed by atoms with van der Waals surface area (Å²) in [4.78, 5) is 39.5. The Morgan fingerprint density at radius 1 is 1.47 bits per heavy atom. The Labute approximate surface area is 96.6 Å². The van der Waals surface area contributed by atoms with Crippen molar-refractivity contribution in [3.05, 3.63) is 28.4 Å². The fourth-order valence-corrected chi connectivity index (χ4v) is 1.58. The van der Waals surface area contributed by atoms with Gasteiger partial charge in [0.25, 0.3) is 11.5 Å². The first kappa shape index (κ1) is 11.3. The van der Waals surface area contributed by atoms with E-state index in [1.165, 1.54) is 6.20 Å². The summed E-state index contributed by atoms with van der Waals surface area (Å²) in [5, 5.41) is 5.40. The maximum absolute atomic E-state index is 11.7. The van der Waals surface area contributed by atoms with Gasteiger partial charge < -0.3 is 15.6 Å². The molecule has 1 saturated heterocycles. The van der Waals surface area contributed by atoms with E-state index in [4.69, 9.17) is 0 Å². The van der Waals surface area contributed by atoms with Crippen LogP contribution >= 0.6 is 0 Å². The van der Waals surface area contributed by atoms with Gasteiger partial charge in [0, 0.05) is 25.2 Å². The van der Waals surface area contributed by atoms with Crippen molar-refractivity contribution in [3.8, 4) is 0 Å². The van der Waals surface area contributed by atoms with Gasteiger partial charge in [-0.3, -0.25) is 14.4 Å². The molecule has 1 aromatic heterocycles. The summed E-state index contributed by atoms with van der Waals surface area (Å²) >= 11 is 0. The number of carbonyl (C=O) groups excluding carboxylic acids is 2. The van der Waals surface area contributed by atoms with E-state index in [0.717, 1.165) is 6.20 Å². The normalized spacial score (nSPS) is 19.5. The summed E-state index contributed by atoms with van der Waals surface area (Å²) in [5.41, 5.74) is -0.201. The number of piperidine rings is 1. The van der Waals surface area contributed by atoms with Crippen molar-refractivity contribution < 1.29 is 9.59 Å². The van der Waals surface area contributed by atoms with Gasteiger partial charge in [-0.15, -0.1) is 0 Å². The summed E-state index contributed by atoms with van der Waals surface area (Å²) in [6.45, 7) is 0.425. The fourth-order valence-electron chi connectivity index (χ4n) is 1.58. The first-order valence-corrected chi connectivity index (χ1v) is 5.27. The molecule has 1 unspecified atom stereocenters. The van der Waals surface area contributed by atoms with Gasteiger partial charge in [0.1, 0.15) is 5.69 Å². The number of carbonyl (C=O) groups is 2. The zero-order chi connectivity index (χ0) is 12.3. The summed E-state index contributed by atoms with van der Waals surface area (Å²) < 4.78 is 0. The van der Waals surface area contributed by atoms with Crippen molar-refractivity contribution in [2.75, 3.05) is 6.54 Å². The summed E-state index contributed by atoms with van der Waals surface area (Å²) in [6, 6.07) is -0.0890. The molecule has 7 heteroatoms. The Kier molecular flexibility index (Phi) is 3.17. The second-order valence-electron chi connectivity index (χ2n) is 3.81. The van der Waals surface area contributed by atoms with Crippen LogP contribution in [0, 0.1) is 0 Å². The van der Waals surface area contributed by atoms with Crippen LogP contribution in [-0.4, -0.2) is 34.4 Å². The molecule has 1 aliphatic heterocycles. The lowest BCUT2D eigenvalue weighted by Crippen LogP contribution is -2.47. The highest BCUT2D eigenvalue weighted by Gasteiger charge is 2.20. The van der Waals surface area contributed by atoms with Crippen molar-refractivity contribution in [3.63, 3.8) is 0 Å². The molecule has 1 fully saturated rings. The van der Waals surface area contributed by atoms with Crippen molar-refractivity contribution in [1.29, 1.82) is 0 Å². The molecule has 0 saturated carbocycles. The minimum Gasteiger partial charge on any atom is -0.354 e. The Balaban J connectivity index is 1.95. The van der Waals surface area contributed by atoms with Crippen LogP contribution in [0.2, 0.25) is 0 Å². The molecule has 0 bridgehead atoms. The lowest BCUT2D eigenvalue weighted by Gasteiger charge is -2.23. The third-order valence-corrected chi connectivity index (χ3v) is 2.51. The number of nitrogens with one attached hydrogen (secondary N) is 3. The van der Waals surface area contributed by atoms with E-state index in [2.05, 4.69) is 20.6 Å². The van der Waals surface area contributed by atoms with Gasteiger partial charge in [0.05, 0.1) is 6.20 Å². The summed E-state index contributed by atoms with van der Waals surface area (Å²) in [5.74, 6) is -0.361. The van der Waals surface area contributed by atoms with E-state index in [1.807, 2.05) is 0 Å². The van der Waals surface area contributed by atoms with E-state index in [1.54, 1.807) is 0 Å². The topological polar surface area (TPSA) is 104 Å². The van der Waals surface area contributed by atoms with E-state index in [0.29, 0.717) is 19.4 Å². The van der Waals surface area contributed by atoms with Gasteiger partial charge >= 0.3 is 0 Å². The lowest BCUT2D eigenvalue weighted by atomic mass is 10.1. The minimum atomic E-state index is -0.359. The third-order valence-electron chi connectivity index (χ3n) is 2.51. The number of amides is 2. The van der Waals surface area contributed by atoms with Crippen LogP contribution in [-0.2, 0) is 4.79 Å². The Bertz CT molecular complexity index is 466. The van der Waals surface area contributed by atoms with Gasteiger partial charge in [0.2, 0.25) is 5.91 Å². The molecule has 1 atom stereocenters. The van der Waals surface area contributed by atoms with Crippen LogP contribution in [0.1, 0.15) is 23.3 Å². The zero-order valence-electron chi connectivity index (χ0n) is 9.03. The lowest BCUT2D eigenvalue weighted by molar-refractivity contribution is -0.122. The average Bonchev–Trinajstić information content (AvgIpc) is 2.33. The van der Waals surface area contributed by atoms with E-state index >= 15 is 0 Å². The van der Waals surface area contributed by atoms with Crippen LogP contribution in [0.3, 0.4) is 0 Å². The molecule has 2 amide bonds.